The molecule has 0 atom stereocenters. The lowest BCUT2D eigenvalue weighted by Crippen LogP contribution is -2.51. The number of aliphatic hydroxyl groups is 3. The molecule has 4 nitrogen and oxygen atoms in total. The van der Waals surface area contributed by atoms with E-state index < -0.39 is 0 Å². The van der Waals surface area contributed by atoms with Gasteiger partial charge in [-0.15, -0.1) is 0 Å². The van der Waals surface area contributed by atoms with E-state index in [4.69, 9.17) is 0 Å². The molecule has 0 aromatic carbocycles. The summed E-state index contributed by atoms with van der Waals surface area (Å²) in [4.78, 5) is 0. The van der Waals surface area contributed by atoms with E-state index in [1.807, 2.05) is 0 Å². The number of quaternary nitrogens is 1. The maximum Gasteiger partial charge on any atom is 0.0787 e. The molecule has 0 aromatic heterocycles. The van der Waals surface area contributed by atoms with E-state index in [0.29, 0.717) is 0 Å². The molecule has 0 aliphatic carbocycles. The van der Waals surface area contributed by atoms with Gasteiger partial charge in [0.15, 0.2) is 0 Å². The third kappa shape index (κ3) is 20.4. The molecule has 0 rings (SSSR count). The number of hydrogen-bond donors (Lipinski definition) is 3. The first-order valence-corrected chi connectivity index (χ1v) is 14.4. The van der Waals surface area contributed by atoms with Gasteiger partial charge in [0.05, 0.1) is 26.2 Å². The molecule has 0 unspecified atom stereocenters. The maximum absolute atomic E-state index is 9.23. The van der Waals surface area contributed by atoms with Crippen LogP contribution in [0.15, 0.2) is 0 Å². The molecule has 0 saturated carbocycles. The van der Waals surface area contributed by atoms with Crippen LogP contribution in [0, 0.1) is 0 Å². The van der Waals surface area contributed by atoms with E-state index >= 15 is 0 Å². The quantitative estimate of drug-likeness (QED) is 0.0959. The summed E-state index contributed by atoms with van der Waals surface area (Å²) in [5.41, 5.74) is 0. The number of rotatable bonds is 27. The van der Waals surface area contributed by atoms with E-state index in [1.165, 1.54) is 96.4 Å². The molecular weight excluding hydrogens is 398 g/mol. The zero-order valence-electron chi connectivity index (χ0n) is 21.9. The van der Waals surface area contributed by atoms with Crippen molar-refractivity contribution in [1.82, 2.24) is 0 Å². The summed E-state index contributed by atoms with van der Waals surface area (Å²) >= 11 is 0. The summed E-state index contributed by atoms with van der Waals surface area (Å²) in [5, 5.41) is 27.7. The average molecular weight is 459 g/mol. The van der Waals surface area contributed by atoms with Crippen molar-refractivity contribution in [3.63, 3.8) is 0 Å². The van der Waals surface area contributed by atoms with Crippen LogP contribution in [0.25, 0.3) is 0 Å². The molecule has 194 valence electrons. The fourth-order valence-corrected chi connectivity index (χ4v) is 4.99. The Bertz CT molecular complexity index is 325. The van der Waals surface area contributed by atoms with Gasteiger partial charge in [-0.1, -0.05) is 84.0 Å². The monoisotopic (exact) mass is 458 g/mol. The molecule has 32 heavy (non-hydrogen) atoms. The van der Waals surface area contributed by atoms with Crippen molar-refractivity contribution >= 4 is 0 Å². The lowest BCUT2D eigenvalue weighted by atomic mass is 10.0. The summed E-state index contributed by atoms with van der Waals surface area (Å²) < 4.78 is 1.12. The van der Waals surface area contributed by atoms with Crippen LogP contribution in [0.4, 0.5) is 0 Å². The van der Waals surface area contributed by atoms with Crippen molar-refractivity contribution in [2.45, 2.75) is 135 Å². The second-order valence-corrected chi connectivity index (χ2v) is 10.1. The van der Waals surface area contributed by atoms with Crippen LogP contribution >= 0.6 is 0 Å². The Morgan fingerprint density at radius 2 is 0.594 bits per heavy atom. The standard InChI is InChI=1S/C28H60NO3/c1-2-3-4-5-6-7-8-9-10-11-12-13-14-15-22-29(23-16-19-26-30,24-17-20-27-31)25-18-21-28-32/h30-32H,2-28H2,1H3/q+1. The van der Waals surface area contributed by atoms with Crippen LogP contribution in [0.5, 0.6) is 0 Å². The van der Waals surface area contributed by atoms with Crippen molar-refractivity contribution in [3.8, 4) is 0 Å². The van der Waals surface area contributed by atoms with Gasteiger partial charge in [0.2, 0.25) is 0 Å². The van der Waals surface area contributed by atoms with Crippen molar-refractivity contribution in [1.29, 1.82) is 0 Å². The number of unbranched alkanes of at least 4 members (excludes halogenated alkanes) is 16. The Labute approximate surface area is 201 Å². The van der Waals surface area contributed by atoms with Gasteiger partial charge in [0.25, 0.3) is 0 Å². The van der Waals surface area contributed by atoms with Crippen LogP contribution < -0.4 is 0 Å². The third-order valence-corrected chi connectivity index (χ3v) is 7.11. The van der Waals surface area contributed by atoms with Gasteiger partial charge in [-0.05, 0) is 51.4 Å². The molecule has 4 heteroatoms. The van der Waals surface area contributed by atoms with E-state index in [2.05, 4.69) is 6.92 Å². The highest BCUT2D eigenvalue weighted by Gasteiger charge is 2.25. The lowest BCUT2D eigenvalue weighted by molar-refractivity contribution is -0.929. The zero-order chi connectivity index (χ0) is 23.6. The topological polar surface area (TPSA) is 60.7 Å². The molecule has 0 saturated heterocycles. The first kappa shape index (κ1) is 31.8. The Hall–Kier alpha value is -0.160. The summed E-state index contributed by atoms with van der Waals surface area (Å²) in [6, 6.07) is 0. The summed E-state index contributed by atoms with van der Waals surface area (Å²) in [5.74, 6) is 0. The zero-order valence-corrected chi connectivity index (χ0v) is 21.9. The predicted molar refractivity (Wildman–Crippen MR) is 139 cm³/mol. The number of nitrogens with zero attached hydrogens (tertiary/aromatic N) is 1. The first-order valence-electron chi connectivity index (χ1n) is 14.4. The molecule has 0 spiro atoms. The number of hydrogen-bond acceptors (Lipinski definition) is 3. The lowest BCUT2D eigenvalue weighted by Gasteiger charge is -2.39. The Balaban J connectivity index is 4.03. The van der Waals surface area contributed by atoms with Gasteiger partial charge in [-0.2, -0.15) is 0 Å². The fraction of sp³-hybridized carbons (Fsp3) is 1.00. The Morgan fingerprint density at radius 1 is 0.344 bits per heavy atom. The summed E-state index contributed by atoms with van der Waals surface area (Å²) in [6.45, 7) is 7.76. The van der Waals surface area contributed by atoms with E-state index in [0.717, 1.165) is 62.6 Å². The minimum Gasteiger partial charge on any atom is -0.396 e. The molecular formula is C28H60NO3+. The SMILES string of the molecule is CCCCCCCCCCCCCCCC[N+](CCCCO)(CCCCO)CCCCO. The summed E-state index contributed by atoms with van der Waals surface area (Å²) in [6.07, 6.45) is 25.4. The average Bonchev–Trinajstić information content (AvgIpc) is 2.80. The highest BCUT2D eigenvalue weighted by Crippen LogP contribution is 2.18. The van der Waals surface area contributed by atoms with E-state index in [1.54, 1.807) is 0 Å². The minimum absolute atomic E-state index is 0.284. The van der Waals surface area contributed by atoms with Crippen LogP contribution in [0.2, 0.25) is 0 Å². The maximum atomic E-state index is 9.23. The summed E-state index contributed by atoms with van der Waals surface area (Å²) in [7, 11) is 0. The first-order chi connectivity index (χ1) is 15.7. The molecule has 0 aliphatic rings. The molecule has 0 heterocycles. The van der Waals surface area contributed by atoms with Gasteiger partial charge in [0, 0.05) is 19.8 Å². The van der Waals surface area contributed by atoms with Gasteiger partial charge in [-0.25, -0.2) is 0 Å². The van der Waals surface area contributed by atoms with Gasteiger partial charge in [-0.3, -0.25) is 0 Å². The van der Waals surface area contributed by atoms with Gasteiger partial charge >= 0.3 is 0 Å². The van der Waals surface area contributed by atoms with Crippen LogP contribution in [-0.2, 0) is 0 Å². The molecule has 0 bridgehead atoms. The second-order valence-electron chi connectivity index (χ2n) is 10.1. The van der Waals surface area contributed by atoms with Crippen molar-refractivity contribution in [2.75, 3.05) is 46.0 Å². The third-order valence-electron chi connectivity index (χ3n) is 7.11. The Morgan fingerprint density at radius 3 is 0.875 bits per heavy atom. The number of aliphatic hydroxyl groups excluding tert-OH is 3. The van der Waals surface area contributed by atoms with Gasteiger partial charge < -0.3 is 19.8 Å². The van der Waals surface area contributed by atoms with Crippen molar-refractivity contribution in [3.05, 3.63) is 0 Å². The van der Waals surface area contributed by atoms with Crippen LogP contribution in [0.1, 0.15) is 135 Å². The largest absolute Gasteiger partial charge is 0.396 e. The normalized spacial score (nSPS) is 12.0. The molecule has 0 aliphatic heterocycles. The fourth-order valence-electron chi connectivity index (χ4n) is 4.99. The van der Waals surface area contributed by atoms with Gasteiger partial charge in [0.1, 0.15) is 0 Å². The van der Waals surface area contributed by atoms with Crippen molar-refractivity contribution < 1.29 is 19.8 Å². The highest BCUT2D eigenvalue weighted by atomic mass is 16.3. The van der Waals surface area contributed by atoms with Crippen LogP contribution in [-0.4, -0.2) is 65.8 Å². The molecule has 0 aromatic rings. The molecule has 0 amide bonds. The highest BCUT2D eigenvalue weighted by molar-refractivity contribution is 4.54. The molecule has 3 N–H and O–H groups in total. The molecule has 0 fully saturated rings. The molecule has 0 radical (unpaired) electrons. The minimum atomic E-state index is 0.284. The predicted octanol–water partition coefficient (Wildman–Crippen LogP) is 6.60. The van der Waals surface area contributed by atoms with Crippen LogP contribution in [0.3, 0.4) is 0 Å². The second kappa shape index (κ2) is 25.5. The van der Waals surface area contributed by atoms with Crippen molar-refractivity contribution in [2.24, 2.45) is 0 Å². The smallest absolute Gasteiger partial charge is 0.0787 e. The Kier molecular flexibility index (Phi) is 25.3. The van der Waals surface area contributed by atoms with E-state index in [-0.39, 0.29) is 19.8 Å². The van der Waals surface area contributed by atoms with E-state index in [9.17, 15) is 15.3 Å².